The molecule has 0 saturated heterocycles. The first-order valence-corrected chi connectivity index (χ1v) is 8.11. The molecular formula is C18H20N2S. The molecule has 2 nitrogen and oxygen atoms in total. The van der Waals surface area contributed by atoms with Crippen molar-refractivity contribution in [1.82, 2.24) is 10.3 Å². The summed E-state index contributed by atoms with van der Waals surface area (Å²) in [6.45, 7) is 6.44. The number of hydrogen-bond donors (Lipinski definition) is 1. The predicted octanol–water partition coefficient (Wildman–Crippen LogP) is 4.36. The number of benzene rings is 1. The number of hydrogen-bond acceptors (Lipinski definition) is 3. The predicted molar refractivity (Wildman–Crippen MR) is 90.8 cm³/mol. The van der Waals surface area contributed by atoms with E-state index < -0.39 is 0 Å². The first-order valence-electron chi connectivity index (χ1n) is 7.23. The van der Waals surface area contributed by atoms with Crippen molar-refractivity contribution in [3.63, 3.8) is 0 Å². The van der Waals surface area contributed by atoms with Gasteiger partial charge in [0.1, 0.15) is 0 Å². The first-order chi connectivity index (χ1) is 10.1. The van der Waals surface area contributed by atoms with Gasteiger partial charge in [0.2, 0.25) is 0 Å². The summed E-state index contributed by atoms with van der Waals surface area (Å²) in [6, 6.07) is 14.9. The van der Waals surface area contributed by atoms with Crippen LogP contribution in [0.5, 0.6) is 0 Å². The van der Waals surface area contributed by atoms with Crippen LogP contribution in [0.2, 0.25) is 0 Å². The zero-order chi connectivity index (χ0) is 14.7. The smallest absolute Gasteiger partial charge is 0.0702 e. The number of pyridine rings is 1. The number of thiophene rings is 1. The van der Waals surface area contributed by atoms with E-state index in [1.807, 2.05) is 23.6 Å². The van der Waals surface area contributed by atoms with E-state index in [0.29, 0.717) is 0 Å². The lowest BCUT2D eigenvalue weighted by atomic mass is 9.91. The zero-order valence-corrected chi connectivity index (χ0v) is 13.3. The van der Waals surface area contributed by atoms with Crippen LogP contribution in [0.25, 0.3) is 10.9 Å². The normalized spacial score (nSPS) is 11.9. The van der Waals surface area contributed by atoms with Gasteiger partial charge in [-0.15, -0.1) is 11.3 Å². The van der Waals surface area contributed by atoms with E-state index in [1.54, 1.807) is 0 Å². The summed E-state index contributed by atoms with van der Waals surface area (Å²) in [7, 11) is 0. The lowest BCUT2D eigenvalue weighted by Crippen LogP contribution is -2.31. The van der Waals surface area contributed by atoms with Gasteiger partial charge >= 0.3 is 0 Å². The number of aromatic nitrogens is 1. The molecule has 21 heavy (non-hydrogen) atoms. The largest absolute Gasteiger partial charge is 0.312 e. The minimum Gasteiger partial charge on any atom is -0.312 e. The number of rotatable bonds is 5. The second-order valence-electron chi connectivity index (χ2n) is 6.00. The van der Waals surface area contributed by atoms with Crippen molar-refractivity contribution >= 4 is 22.2 Å². The summed E-state index contributed by atoms with van der Waals surface area (Å²) in [6.07, 6.45) is 1.84. The fraction of sp³-hybridized carbons (Fsp3) is 0.278. The molecule has 1 aromatic carbocycles. The first kappa shape index (κ1) is 14.2. The summed E-state index contributed by atoms with van der Waals surface area (Å²) < 4.78 is 0. The summed E-state index contributed by atoms with van der Waals surface area (Å²) in [5.41, 5.74) is 2.53. The molecule has 1 N–H and O–H groups in total. The molecule has 3 rings (SSSR count). The van der Waals surface area contributed by atoms with Crippen LogP contribution in [0.1, 0.15) is 24.3 Å². The van der Waals surface area contributed by atoms with E-state index in [4.69, 9.17) is 0 Å². The van der Waals surface area contributed by atoms with Gasteiger partial charge in [0, 0.05) is 35.0 Å². The van der Waals surface area contributed by atoms with Gasteiger partial charge in [-0.2, -0.15) is 0 Å². The Morgan fingerprint density at radius 3 is 2.86 bits per heavy atom. The number of nitrogens with zero attached hydrogens (tertiary/aromatic N) is 1. The molecule has 0 unspecified atom stereocenters. The van der Waals surface area contributed by atoms with Crippen LogP contribution < -0.4 is 5.32 Å². The molecule has 0 aliphatic heterocycles. The zero-order valence-electron chi connectivity index (χ0n) is 12.5. The lowest BCUT2D eigenvalue weighted by molar-refractivity contribution is 0.477. The molecule has 2 heterocycles. The Labute approximate surface area is 129 Å². The second kappa shape index (κ2) is 5.96. The average molecular weight is 296 g/mol. The quantitative estimate of drug-likeness (QED) is 0.756. The van der Waals surface area contributed by atoms with Gasteiger partial charge in [0.15, 0.2) is 0 Å². The van der Waals surface area contributed by atoms with E-state index in [-0.39, 0.29) is 5.41 Å². The molecule has 0 amide bonds. The van der Waals surface area contributed by atoms with Crippen LogP contribution in [-0.4, -0.2) is 11.5 Å². The van der Waals surface area contributed by atoms with Crippen LogP contribution in [0.15, 0.2) is 54.0 Å². The van der Waals surface area contributed by atoms with Crippen molar-refractivity contribution in [2.45, 2.75) is 25.8 Å². The minimum absolute atomic E-state index is 0.173. The Balaban J connectivity index is 1.64. The van der Waals surface area contributed by atoms with Gasteiger partial charge in [-0.05, 0) is 35.2 Å². The molecule has 0 fully saturated rings. The molecule has 0 radical (unpaired) electrons. The summed E-state index contributed by atoms with van der Waals surface area (Å²) in [5, 5.41) is 6.93. The minimum atomic E-state index is 0.173. The van der Waals surface area contributed by atoms with Crippen molar-refractivity contribution in [3.05, 3.63) is 64.5 Å². The summed E-state index contributed by atoms with van der Waals surface area (Å²) in [4.78, 5) is 5.79. The van der Waals surface area contributed by atoms with Crippen molar-refractivity contribution < 1.29 is 0 Å². The Hall–Kier alpha value is -1.71. The highest BCUT2D eigenvalue weighted by atomic mass is 32.1. The van der Waals surface area contributed by atoms with E-state index in [1.165, 1.54) is 15.8 Å². The molecule has 0 aliphatic rings. The second-order valence-corrected chi connectivity index (χ2v) is 6.94. The van der Waals surface area contributed by atoms with E-state index >= 15 is 0 Å². The molecule has 0 aliphatic carbocycles. The Bertz CT molecular complexity index is 717. The molecule has 0 atom stereocenters. The van der Waals surface area contributed by atoms with Crippen LogP contribution in [0.3, 0.4) is 0 Å². The van der Waals surface area contributed by atoms with Crippen molar-refractivity contribution in [3.8, 4) is 0 Å². The van der Waals surface area contributed by atoms with Crippen LogP contribution in [0, 0.1) is 0 Å². The topological polar surface area (TPSA) is 24.9 Å². The maximum absolute atomic E-state index is 4.36. The van der Waals surface area contributed by atoms with Gasteiger partial charge in [-0.3, -0.25) is 4.98 Å². The highest BCUT2D eigenvalue weighted by molar-refractivity contribution is 7.10. The summed E-state index contributed by atoms with van der Waals surface area (Å²) >= 11 is 1.83. The molecule has 2 aromatic heterocycles. The fourth-order valence-electron chi connectivity index (χ4n) is 2.51. The van der Waals surface area contributed by atoms with Crippen molar-refractivity contribution in [2.75, 3.05) is 6.54 Å². The molecule has 3 aromatic rings. The monoisotopic (exact) mass is 296 g/mol. The SMILES string of the molecule is CC(C)(CNCc1ccc2ncccc2c1)c1cccs1. The standard InChI is InChI=1S/C18H20N2S/c1-18(2,17-6-4-10-21-17)13-19-12-14-7-8-16-15(11-14)5-3-9-20-16/h3-11,19H,12-13H2,1-2H3. The van der Waals surface area contributed by atoms with Crippen LogP contribution in [0.4, 0.5) is 0 Å². The van der Waals surface area contributed by atoms with E-state index in [9.17, 15) is 0 Å². The number of nitrogens with one attached hydrogen (secondary N) is 1. The van der Waals surface area contributed by atoms with Crippen molar-refractivity contribution in [1.29, 1.82) is 0 Å². The third-order valence-electron chi connectivity index (χ3n) is 3.75. The number of fused-ring (bicyclic) bond motifs is 1. The highest BCUT2D eigenvalue weighted by Gasteiger charge is 2.20. The molecule has 0 bridgehead atoms. The van der Waals surface area contributed by atoms with Gasteiger partial charge in [0.05, 0.1) is 5.52 Å². The molecular weight excluding hydrogens is 276 g/mol. The van der Waals surface area contributed by atoms with E-state index in [0.717, 1.165) is 18.6 Å². The third-order valence-corrected chi connectivity index (χ3v) is 4.99. The van der Waals surface area contributed by atoms with Crippen LogP contribution >= 0.6 is 11.3 Å². The molecule has 108 valence electrons. The molecule has 3 heteroatoms. The Kier molecular flexibility index (Phi) is 4.04. The molecule has 0 saturated carbocycles. The highest BCUT2D eigenvalue weighted by Crippen LogP contribution is 2.26. The van der Waals surface area contributed by atoms with Gasteiger partial charge < -0.3 is 5.32 Å². The Morgan fingerprint density at radius 2 is 2.05 bits per heavy atom. The third kappa shape index (κ3) is 3.31. The maximum atomic E-state index is 4.36. The maximum Gasteiger partial charge on any atom is 0.0702 e. The van der Waals surface area contributed by atoms with Gasteiger partial charge in [0.25, 0.3) is 0 Å². The lowest BCUT2D eigenvalue weighted by Gasteiger charge is -2.23. The Morgan fingerprint density at radius 1 is 1.14 bits per heavy atom. The molecule has 0 spiro atoms. The summed E-state index contributed by atoms with van der Waals surface area (Å²) in [5.74, 6) is 0. The van der Waals surface area contributed by atoms with E-state index in [2.05, 4.69) is 65.9 Å². The van der Waals surface area contributed by atoms with Crippen LogP contribution in [-0.2, 0) is 12.0 Å². The van der Waals surface area contributed by atoms with Gasteiger partial charge in [-0.1, -0.05) is 32.0 Å². The fourth-order valence-corrected chi connectivity index (χ4v) is 3.36. The average Bonchev–Trinajstić information content (AvgIpc) is 3.02. The van der Waals surface area contributed by atoms with Crippen molar-refractivity contribution in [2.24, 2.45) is 0 Å². The van der Waals surface area contributed by atoms with Gasteiger partial charge in [-0.25, -0.2) is 0 Å².